The van der Waals surface area contributed by atoms with Crippen LogP contribution in [0.4, 0.5) is 0 Å². The van der Waals surface area contributed by atoms with Crippen molar-refractivity contribution in [3.05, 3.63) is 65.7 Å². The highest BCUT2D eigenvalue weighted by atomic mass is 16.6. The molecule has 146 valence electrons. The number of esters is 1. The normalized spacial score (nSPS) is 14.0. The third-order valence-electron chi connectivity index (χ3n) is 4.59. The first-order valence-corrected chi connectivity index (χ1v) is 9.30. The number of carbonyl (C=O) groups excluding carboxylic acids is 3. The first kappa shape index (κ1) is 19.6. The smallest absolute Gasteiger partial charge is 0.344 e. The first-order valence-electron chi connectivity index (χ1n) is 9.30. The molecular formula is C22H23NO5. The van der Waals surface area contributed by atoms with Crippen LogP contribution in [0.15, 0.2) is 54.6 Å². The maximum atomic E-state index is 12.3. The molecule has 0 heterocycles. The summed E-state index contributed by atoms with van der Waals surface area (Å²) < 4.78 is 10.3. The second-order valence-electron chi connectivity index (χ2n) is 6.86. The van der Waals surface area contributed by atoms with Gasteiger partial charge in [-0.05, 0) is 49.9 Å². The number of amides is 1. The van der Waals surface area contributed by atoms with E-state index >= 15 is 0 Å². The minimum absolute atomic E-state index is 0.0852. The van der Waals surface area contributed by atoms with Crippen molar-refractivity contribution in [3.63, 3.8) is 0 Å². The second kappa shape index (κ2) is 9.17. The zero-order chi connectivity index (χ0) is 19.9. The lowest BCUT2D eigenvalue weighted by Crippen LogP contribution is -2.37. The lowest BCUT2D eigenvalue weighted by molar-refractivity contribution is -0.150. The molecule has 0 aliphatic heterocycles. The van der Waals surface area contributed by atoms with Crippen LogP contribution < -0.4 is 10.1 Å². The van der Waals surface area contributed by atoms with Gasteiger partial charge in [-0.3, -0.25) is 9.59 Å². The Morgan fingerprint density at radius 1 is 0.964 bits per heavy atom. The van der Waals surface area contributed by atoms with E-state index in [-0.39, 0.29) is 30.9 Å². The Kier molecular flexibility index (Phi) is 6.42. The number of ether oxygens (including phenoxy) is 2. The van der Waals surface area contributed by atoms with E-state index in [4.69, 9.17) is 9.47 Å². The molecule has 3 rings (SSSR count). The molecule has 2 aromatic carbocycles. The molecule has 0 spiro atoms. The minimum atomic E-state index is -0.626. The third-order valence-corrected chi connectivity index (χ3v) is 4.59. The molecule has 0 bridgehead atoms. The Balaban J connectivity index is 1.41. The lowest BCUT2D eigenvalue weighted by Gasteiger charge is -2.13. The highest BCUT2D eigenvalue weighted by Gasteiger charge is 2.28. The fourth-order valence-electron chi connectivity index (χ4n) is 2.80. The SMILES string of the molecule is C[C@H](NC(=O)COC(=O)COc1ccc(C(=O)c2ccccc2)cc1)C1CC1. The van der Waals surface area contributed by atoms with Crippen molar-refractivity contribution >= 4 is 17.7 Å². The quantitative estimate of drug-likeness (QED) is 0.534. The molecule has 1 amide bonds. The number of hydrogen-bond donors (Lipinski definition) is 1. The fraction of sp³-hybridized carbons (Fsp3) is 0.318. The van der Waals surface area contributed by atoms with E-state index in [9.17, 15) is 14.4 Å². The van der Waals surface area contributed by atoms with Crippen LogP contribution in [0, 0.1) is 5.92 Å². The predicted octanol–water partition coefficient (Wildman–Crippen LogP) is 2.75. The monoisotopic (exact) mass is 381 g/mol. The summed E-state index contributed by atoms with van der Waals surface area (Å²) in [5.74, 6) is -0.0405. The Bertz CT molecular complexity index is 828. The number of hydrogen-bond acceptors (Lipinski definition) is 5. The van der Waals surface area contributed by atoms with Gasteiger partial charge < -0.3 is 14.8 Å². The van der Waals surface area contributed by atoms with Gasteiger partial charge in [-0.1, -0.05) is 30.3 Å². The van der Waals surface area contributed by atoms with Crippen molar-refractivity contribution in [1.82, 2.24) is 5.32 Å². The molecule has 1 fully saturated rings. The van der Waals surface area contributed by atoms with Crippen LogP contribution in [0.3, 0.4) is 0 Å². The van der Waals surface area contributed by atoms with E-state index in [2.05, 4.69) is 5.32 Å². The molecule has 1 saturated carbocycles. The largest absolute Gasteiger partial charge is 0.482 e. The Labute approximate surface area is 163 Å². The molecule has 0 aromatic heterocycles. The molecule has 1 aliphatic carbocycles. The second-order valence-corrected chi connectivity index (χ2v) is 6.86. The summed E-state index contributed by atoms with van der Waals surface area (Å²) in [4.78, 5) is 35.8. The Morgan fingerprint density at radius 3 is 2.25 bits per heavy atom. The molecular weight excluding hydrogens is 358 g/mol. The van der Waals surface area contributed by atoms with E-state index in [1.807, 2.05) is 25.1 Å². The lowest BCUT2D eigenvalue weighted by atomic mass is 10.0. The summed E-state index contributed by atoms with van der Waals surface area (Å²) in [6, 6.07) is 15.6. The molecule has 0 unspecified atom stereocenters. The zero-order valence-electron chi connectivity index (χ0n) is 15.7. The van der Waals surface area contributed by atoms with E-state index in [0.29, 0.717) is 22.8 Å². The Morgan fingerprint density at radius 2 is 1.61 bits per heavy atom. The Hall–Kier alpha value is -3.15. The van der Waals surface area contributed by atoms with Crippen molar-refractivity contribution in [2.75, 3.05) is 13.2 Å². The van der Waals surface area contributed by atoms with Gasteiger partial charge in [0, 0.05) is 17.2 Å². The summed E-state index contributed by atoms with van der Waals surface area (Å²) in [6.07, 6.45) is 2.26. The molecule has 2 aromatic rings. The standard InChI is InChI=1S/C22H23NO5/c1-15(16-7-8-16)23-20(24)13-28-21(25)14-27-19-11-9-18(10-12-19)22(26)17-5-3-2-4-6-17/h2-6,9-12,15-16H,7-8,13-14H2,1H3,(H,23,24)/t15-/m0/s1. The van der Waals surface area contributed by atoms with Crippen LogP contribution in [-0.2, 0) is 14.3 Å². The van der Waals surface area contributed by atoms with Gasteiger partial charge in [0.05, 0.1) is 0 Å². The molecule has 0 saturated heterocycles. The fourth-order valence-corrected chi connectivity index (χ4v) is 2.80. The van der Waals surface area contributed by atoms with Gasteiger partial charge in [-0.25, -0.2) is 4.79 Å². The van der Waals surface area contributed by atoms with Crippen molar-refractivity contribution in [1.29, 1.82) is 0 Å². The topological polar surface area (TPSA) is 81.7 Å². The predicted molar refractivity (Wildman–Crippen MR) is 103 cm³/mol. The molecule has 6 nitrogen and oxygen atoms in total. The molecule has 1 aliphatic rings. The van der Waals surface area contributed by atoms with Gasteiger partial charge in [-0.2, -0.15) is 0 Å². The van der Waals surface area contributed by atoms with E-state index in [1.54, 1.807) is 36.4 Å². The maximum Gasteiger partial charge on any atom is 0.344 e. The van der Waals surface area contributed by atoms with Crippen LogP contribution in [0.1, 0.15) is 35.7 Å². The highest BCUT2D eigenvalue weighted by Crippen LogP contribution is 2.32. The van der Waals surface area contributed by atoms with E-state index in [1.165, 1.54) is 0 Å². The zero-order valence-corrected chi connectivity index (χ0v) is 15.7. The van der Waals surface area contributed by atoms with Crippen molar-refractivity contribution in [2.45, 2.75) is 25.8 Å². The average Bonchev–Trinajstić information content (AvgIpc) is 3.57. The third kappa shape index (κ3) is 5.67. The van der Waals surface area contributed by atoms with Gasteiger partial charge >= 0.3 is 5.97 Å². The van der Waals surface area contributed by atoms with Crippen molar-refractivity contribution < 1.29 is 23.9 Å². The first-order chi connectivity index (χ1) is 13.5. The molecule has 1 atom stereocenters. The van der Waals surface area contributed by atoms with E-state index in [0.717, 1.165) is 12.8 Å². The van der Waals surface area contributed by atoms with Crippen LogP contribution >= 0.6 is 0 Å². The molecule has 0 radical (unpaired) electrons. The van der Waals surface area contributed by atoms with Crippen LogP contribution in [-0.4, -0.2) is 36.9 Å². The molecule has 28 heavy (non-hydrogen) atoms. The number of rotatable bonds is 9. The summed E-state index contributed by atoms with van der Waals surface area (Å²) in [5, 5.41) is 2.81. The molecule has 1 N–H and O–H groups in total. The molecule has 6 heteroatoms. The maximum absolute atomic E-state index is 12.3. The van der Waals surface area contributed by atoms with Crippen LogP contribution in [0.2, 0.25) is 0 Å². The van der Waals surface area contributed by atoms with Gasteiger partial charge in [-0.15, -0.1) is 0 Å². The van der Waals surface area contributed by atoms with Gasteiger partial charge in [0.2, 0.25) is 0 Å². The van der Waals surface area contributed by atoms with Crippen LogP contribution in [0.5, 0.6) is 5.75 Å². The average molecular weight is 381 g/mol. The van der Waals surface area contributed by atoms with Gasteiger partial charge in [0.25, 0.3) is 5.91 Å². The van der Waals surface area contributed by atoms with E-state index < -0.39 is 5.97 Å². The number of benzene rings is 2. The van der Waals surface area contributed by atoms with Crippen molar-refractivity contribution in [3.8, 4) is 5.75 Å². The number of carbonyl (C=O) groups is 3. The number of nitrogens with one attached hydrogen (secondary N) is 1. The summed E-state index contributed by atoms with van der Waals surface area (Å²) in [5.41, 5.74) is 1.14. The van der Waals surface area contributed by atoms with Gasteiger partial charge in [0.1, 0.15) is 5.75 Å². The summed E-state index contributed by atoms with van der Waals surface area (Å²) in [7, 11) is 0. The van der Waals surface area contributed by atoms with Crippen LogP contribution in [0.25, 0.3) is 0 Å². The highest BCUT2D eigenvalue weighted by molar-refractivity contribution is 6.08. The number of ketones is 1. The minimum Gasteiger partial charge on any atom is -0.482 e. The van der Waals surface area contributed by atoms with Gasteiger partial charge in [0.15, 0.2) is 19.0 Å². The van der Waals surface area contributed by atoms with Crippen molar-refractivity contribution in [2.24, 2.45) is 5.92 Å². The summed E-state index contributed by atoms with van der Waals surface area (Å²) >= 11 is 0. The summed E-state index contributed by atoms with van der Waals surface area (Å²) in [6.45, 7) is 1.33.